The predicted molar refractivity (Wildman–Crippen MR) is 90.0 cm³/mol. The number of hydrogen-bond acceptors (Lipinski definition) is 2. The first kappa shape index (κ1) is 16.0. The summed E-state index contributed by atoms with van der Waals surface area (Å²) in [7, 11) is 0. The molecular weight excluding hydrogens is 312 g/mol. The smallest absolute Gasteiger partial charge is 0.0345 e. The van der Waals surface area contributed by atoms with E-state index < -0.39 is 0 Å². The SMILES string of the molecule is CCNCC1CCN(C(CC)c2ccc(Br)cc2)CC1. The van der Waals surface area contributed by atoms with Crippen molar-refractivity contribution in [3.8, 4) is 0 Å². The van der Waals surface area contributed by atoms with Crippen LogP contribution in [0.3, 0.4) is 0 Å². The molecule has 0 radical (unpaired) electrons. The van der Waals surface area contributed by atoms with Gasteiger partial charge >= 0.3 is 0 Å². The average molecular weight is 339 g/mol. The van der Waals surface area contributed by atoms with E-state index in [9.17, 15) is 0 Å². The van der Waals surface area contributed by atoms with Crippen molar-refractivity contribution in [1.29, 1.82) is 0 Å². The Morgan fingerprint density at radius 3 is 2.40 bits per heavy atom. The van der Waals surface area contributed by atoms with Crippen LogP contribution >= 0.6 is 15.9 Å². The van der Waals surface area contributed by atoms with Gasteiger partial charge in [-0.2, -0.15) is 0 Å². The molecule has 112 valence electrons. The second-order valence-corrected chi connectivity index (χ2v) is 6.68. The maximum absolute atomic E-state index is 3.52. The van der Waals surface area contributed by atoms with Crippen molar-refractivity contribution in [2.75, 3.05) is 26.2 Å². The summed E-state index contributed by atoms with van der Waals surface area (Å²) in [5, 5.41) is 3.49. The molecule has 1 saturated heterocycles. The van der Waals surface area contributed by atoms with Gasteiger partial charge in [0.25, 0.3) is 0 Å². The molecule has 0 saturated carbocycles. The zero-order chi connectivity index (χ0) is 14.4. The van der Waals surface area contributed by atoms with Crippen LogP contribution in [-0.4, -0.2) is 31.1 Å². The lowest BCUT2D eigenvalue weighted by atomic mass is 9.93. The van der Waals surface area contributed by atoms with Crippen molar-refractivity contribution >= 4 is 15.9 Å². The molecule has 1 N–H and O–H groups in total. The fourth-order valence-corrected chi connectivity index (χ4v) is 3.47. The number of piperidine rings is 1. The van der Waals surface area contributed by atoms with Gasteiger partial charge < -0.3 is 5.32 Å². The van der Waals surface area contributed by atoms with E-state index in [1.807, 2.05) is 0 Å². The van der Waals surface area contributed by atoms with Crippen molar-refractivity contribution < 1.29 is 0 Å². The van der Waals surface area contributed by atoms with Crippen molar-refractivity contribution in [2.45, 2.75) is 39.2 Å². The third-order valence-corrected chi connectivity index (χ3v) is 4.94. The first-order valence-electron chi connectivity index (χ1n) is 7.94. The summed E-state index contributed by atoms with van der Waals surface area (Å²) in [5.74, 6) is 0.869. The topological polar surface area (TPSA) is 15.3 Å². The van der Waals surface area contributed by atoms with E-state index in [0.717, 1.165) is 12.5 Å². The van der Waals surface area contributed by atoms with Gasteiger partial charge in [-0.1, -0.05) is 41.9 Å². The third kappa shape index (κ3) is 4.31. The van der Waals surface area contributed by atoms with Crippen LogP contribution in [0.2, 0.25) is 0 Å². The Labute approximate surface area is 132 Å². The van der Waals surface area contributed by atoms with Crippen LogP contribution in [0.4, 0.5) is 0 Å². The fraction of sp³-hybridized carbons (Fsp3) is 0.647. The van der Waals surface area contributed by atoms with Gasteiger partial charge in [-0.25, -0.2) is 0 Å². The van der Waals surface area contributed by atoms with Gasteiger partial charge in [0.2, 0.25) is 0 Å². The summed E-state index contributed by atoms with van der Waals surface area (Å²) >= 11 is 3.52. The molecule has 1 aromatic rings. The van der Waals surface area contributed by atoms with E-state index in [0.29, 0.717) is 6.04 Å². The molecule has 3 heteroatoms. The second kappa shape index (κ2) is 8.16. The van der Waals surface area contributed by atoms with Gasteiger partial charge in [0.05, 0.1) is 0 Å². The summed E-state index contributed by atoms with van der Waals surface area (Å²) < 4.78 is 1.17. The molecule has 0 bridgehead atoms. The van der Waals surface area contributed by atoms with Gasteiger partial charge in [0, 0.05) is 10.5 Å². The van der Waals surface area contributed by atoms with Crippen LogP contribution in [0.25, 0.3) is 0 Å². The lowest BCUT2D eigenvalue weighted by molar-refractivity contribution is 0.128. The van der Waals surface area contributed by atoms with Gasteiger partial charge in [-0.15, -0.1) is 0 Å². The monoisotopic (exact) mass is 338 g/mol. The fourth-order valence-electron chi connectivity index (χ4n) is 3.21. The third-order valence-electron chi connectivity index (χ3n) is 4.41. The molecule has 0 spiro atoms. The Kier molecular flexibility index (Phi) is 6.53. The zero-order valence-corrected chi connectivity index (χ0v) is 14.3. The summed E-state index contributed by atoms with van der Waals surface area (Å²) in [5.41, 5.74) is 1.46. The van der Waals surface area contributed by atoms with Crippen molar-refractivity contribution in [3.63, 3.8) is 0 Å². The molecule has 1 heterocycles. The maximum atomic E-state index is 3.52. The highest BCUT2D eigenvalue weighted by Gasteiger charge is 2.24. The molecule has 1 aliphatic heterocycles. The van der Waals surface area contributed by atoms with Gasteiger partial charge in [0.15, 0.2) is 0 Å². The van der Waals surface area contributed by atoms with Crippen molar-refractivity contribution in [2.24, 2.45) is 5.92 Å². The Morgan fingerprint density at radius 1 is 1.20 bits per heavy atom. The molecule has 0 aliphatic carbocycles. The molecule has 1 atom stereocenters. The van der Waals surface area contributed by atoms with Gasteiger partial charge in [0.1, 0.15) is 0 Å². The van der Waals surface area contributed by atoms with E-state index in [2.05, 4.69) is 64.3 Å². The molecule has 20 heavy (non-hydrogen) atoms. The first-order valence-corrected chi connectivity index (χ1v) is 8.74. The Bertz CT molecular complexity index is 382. The van der Waals surface area contributed by atoms with Crippen LogP contribution in [-0.2, 0) is 0 Å². The highest BCUT2D eigenvalue weighted by molar-refractivity contribution is 9.10. The van der Waals surface area contributed by atoms with Crippen LogP contribution in [0.5, 0.6) is 0 Å². The molecule has 2 rings (SSSR count). The largest absolute Gasteiger partial charge is 0.317 e. The highest BCUT2D eigenvalue weighted by atomic mass is 79.9. The number of halogens is 1. The molecule has 0 aromatic heterocycles. The number of benzene rings is 1. The minimum atomic E-state index is 0.586. The molecule has 1 aromatic carbocycles. The summed E-state index contributed by atoms with van der Waals surface area (Å²) in [6, 6.07) is 9.45. The predicted octanol–water partition coefficient (Wildman–Crippen LogP) is 4.22. The number of likely N-dealkylation sites (tertiary alicyclic amines) is 1. The van der Waals surface area contributed by atoms with Crippen molar-refractivity contribution in [1.82, 2.24) is 10.2 Å². The highest BCUT2D eigenvalue weighted by Crippen LogP contribution is 2.29. The Hall–Kier alpha value is -0.380. The number of hydrogen-bond donors (Lipinski definition) is 1. The average Bonchev–Trinajstić information content (AvgIpc) is 2.49. The summed E-state index contributed by atoms with van der Waals surface area (Å²) in [6.45, 7) is 9.26. The lowest BCUT2D eigenvalue weighted by Crippen LogP contribution is -2.39. The quantitative estimate of drug-likeness (QED) is 0.835. The molecular formula is C17H27BrN2. The zero-order valence-electron chi connectivity index (χ0n) is 12.7. The molecule has 0 amide bonds. The second-order valence-electron chi connectivity index (χ2n) is 5.76. The normalized spacial score (nSPS) is 19.1. The Morgan fingerprint density at radius 2 is 1.85 bits per heavy atom. The number of nitrogens with zero attached hydrogens (tertiary/aromatic N) is 1. The molecule has 1 aliphatic rings. The van der Waals surface area contributed by atoms with Crippen LogP contribution < -0.4 is 5.32 Å². The minimum absolute atomic E-state index is 0.586. The molecule has 2 nitrogen and oxygen atoms in total. The van der Waals surface area contributed by atoms with Gasteiger partial charge in [-0.3, -0.25) is 4.90 Å². The van der Waals surface area contributed by atoms with E-state index in [-0.39, 0.29) is 0 Å². The van der Waals surface area contributed by atoms with E-state index in [1.54, 1.807) is 0 Å². The van der Waals surface area contributed by atoms with Gasteiger partial charge in [-0.05, 0) is 69.1 Å². The number of nitrogens with one attached hydrogen (secondary N) is 1. The maximum Gasteiger partial charge on any atom is 0.0345 e. The van der Waals surface area contributed by atoms with Crippen molar-refractivity contribution in [3.05, 3.63) is 34.3 Å². The summed E-state index contributed by atoms with van der Waals surface area (Å²) in [4.78, 5) is 2.67. The number of rotatable bonds is 6. The first-order chi connectivity index (χ1) is 9.74. The van der Waals surface area contributed by atoms with Crippen LogP contribution in [0.15, 0.2) is 28.7 Å². The molecule has 1 fully saturated rings. The van der Waals surface area contributed by atoms with Crippen LogP contribution in [0.1, 0.15) is 44.7 Å². The minimum Gasteiger partial charge on any atom is -0.317 e. The Balaban J connectivity index is 1.91. The van der Waals surface area contributed by atoms with Crippen LogP contribution in [0, 0.1) is 5.92 Å². The lowest BCUT2D eigenvalue weighted by Gasteiger charge is -2.37. The van der Waals surface area contributed by atoms with E-state index >= 15 is 0 Å². The standard InChI is InChI=1S/C17H27BrN2/c1-3-17(15-5-7-16(18)8-6-15)20-11-9-14(10-12-20)13-19-4-2/h5-8,14,17,19H,3-4,9-13H2,1-2H3. The summed E-state index contributed by atoms with van der Waals surface area (Å²) in [6.07, 6.45) is 3.86. The molecule has 1 unspecified atom stereocenters. The van der Waals surface area contributed by atoms with E-state index in [1.165, 1.54) is 48.9 Å². The van der Waals surface area contributed by atoms with E-state index in [4.69, 9.17) is 0 Å².